The summed E-state index contributed by atoms with van der Waals surface area (Å²) < 4.78 is 13.1. The summed E-state index contributed by atoms with van der Waals surface area (Å²) in [4.78, 5) is 36.5. The molecule has 2 aliphatic rings. The average molecular weight is 371 g/mol. The topological polar surface area (TPSA) is 62.6 Å². The molecule has 1 aliphatic carbocycles. The first kappa shape index (κ1) is 17.2. The number of likely N-dealkylation sites (tertiary alicyclic amines) is 1. The quantitative estimate of drug-likeness (QED) is 0.828. The molecule has 7 heteroatoms. The Bertz CT molecular complexity index is 883. The number of Topliss-reactive ketones (excluding diaryl/α,β-unsaturated/α-hetero) is 2. The number of benzene rings is 1. The van der Waals surface area contributed by atoms with Crippen LogP contribution in [0.5, 0.6) is 0 Å². The minimum Gasteiger partial charge on any atom is -0.301 e. The van der Waals surface area contributed by atoms with Crippen molar-refractivity contribution in [3.8, 4) is 10.6 Å². The number of halogens is 1. The van der Waals surface area contributed by atoms with E-state index in [0.29, 0.717) is 27.7 Å². The third-order valence-electron chi connectivity index (χ3n) is 4.69. The van der Waals surface area contributed by atoms with Crippen LogP contribution < -0.4 is 0 Å². The highest BCUT2D eigenvalue weighted by Gasteiger charge is 2.33. The first-order chi connectivity index (χ1) is 12.6. The van der Waals surface area contributed by atoms with Crippen molar-refractivity contribution in [2.24, 2.45) is 4.99 Å². The standard InChI is InChI=1S/C19H18FN3O2S/c20-13-5-3-12(4-6-13)19-22-16-17(25)14(11-15(24)18(16)26-19)21-7-10-23-8-1-2-9-23/h3-6H,1-2,7-11H2. The average Bonchev–Trinajstić information content (AvgIpc) is 3.30. The molecule has 1 aromatic heterocycles. The summed E-state index contributed by atoms with van der Waals surface area (Å²) in [6.45, 7) is 3.50. The Kier molecular flexibility index (Phi) is 4.74. The number of aromatic nitrogens is 1. The van der Waals surface area contributed by atoms with Crippen molar-refractivity contribution in [1.82, 2.24) is 9.88 Å². The molecule has 1 aromatic carbocycles. The summed E-state index contributed by atoms with van der Waals surface area (Å²) >= 11 is 1.19. The third-order valence-corrected chi connectivity index (χ3v) is 5.84. The second-order valence-corrected chi connectivity index (χ2v) is 7.51. The number of rotatable bonds is 4. The van der Waals surface area contributed by atoms with E-state index >= 15 is 0 Å². The van der Waals surface area contributed by atoms with Gasteiger partial charge >= 0.3 is 0 Å². The van der Waals surface area contributed by atoms with Gasteiger partial charge in [-0.25, -0.2) is 9.37 Å². The number of nitrogens with zero attached hydrogens (tertiary/aromatic N) is 3. The summed E-state index contributed by atoms with van der Waals surface area (Å²) in [5, 5.41) is 0.551. The Balaban J connectivity index is 1.55. The van der Waals surface area contributed by atoms with E-state index in [9.17, 15) is 14.0 Å². The van der Waals surface area contributed by atoms with Gasteiger partial charge in [0, 0.05) is 12.1 Å². The molecule has 0 N–H and O–H groups in total. The first-order valence-corrected chi connectivity index (χ1v) is 9.54. The highest BCUT2D eigenvalue weighted by atomic mass is 32.1. The minimum absolute atomic E-state index is 0.0386. The molecule has 2 heterocycles. The summed E-state index contributed by atoms with van der Waals surface area (Å²) in [5.41, 5.74) is 1.18. The molecular formula is C19H18FN3O2S. The number of hydrogen-bond acceptors (Lipinski definition) is 6. The van der Waals surface area contributed by atoms with Crippen LogP contribution >= 0.6 is 11.3 Å². The zero-order valence-corrected chi connectivity index (χ0v) is 15.0. The molecule has 1 aliphatic heterocycles. The fourth-order valence-electron chi connectivity index (χ4n) is 3.29. The number of ketones is 2. The molecule has 1 saturated heterocycles. The van der Waals surface area contributed by atoms with Crippen molar-refractivity contribution in [2.75, 3.05) is 26.2 Å². The Morgan fingerprint density at radius 1 is 1.15 bits per heavy atom. The zero-order chi connectivity index (χ0) is 18.1. The molecule has 26 heavy (non-hydrogen) atoms. The van der Waals surface area contributed by atoms with Crippen LogP contribution in [0.4, 0.5) is 4.39 Å². The largest absolute Gasteiger partial charge is 0.301 e. The third kappa shape index (κ3) is 3.37. The highest BCUT2D eigenvalue weighted by Crippen LogP contribution is 2.32. The van der Waals surface area contributed by atoms with E-state index < -0.39 is 0 Å². The van der Waals surface area contributed by atoms with Gasteiger partial charge in [0.1, 0.15) is 21.4 Å². The van der Waals surface area contributed by atoms with Crippen LogP contribution in [0.25, 0.3) is 10.6 Å². The highest BCUT2D eigenvalue weighted by molar-refractivity contribution is 7.17. The fraction of sp³-hybridized carbons (Fsp3) is 0.368. The van der Waals surface area contributed by atoms with Gasteiger partial charge in [0.05, 0.1) is 18.7 Å². The van der Waals surface area contributed by atoms with Gasteiger partial charge in [-0.15, -0.1) is 11.3 Å². The Hall–Kier alpha value is -2.25. The molecule has 0 bridgehead atoms. The van der Waals surface area contributed by atoms with E-state index in [4.69, 9.17) is 0 Å². The van der Waals surface area contributed by atoms with E-state index in [1.165, 1.54) is 36.3 Å². The second kappa shape index (κ2) is 7.17. The van der Waals surface area contributed by atoms with Crippen molar-refractivity contribution in [1.29, 1.82) is 0 Å². The van der Waals surface area contributed by atoms with Crippen molar-refractivity contribution in [3.05, 3.63) is 40.7 Å². The first-order valence-electron chi connectivity index (χ1n) is 8.72. The van der Waals surface area contributed by atoms with Gasteiger partial charge in [-0.3, -0.25) is 14.6 Å². The molecule has 0 unspecified atom stereocenters. The fourth-order valence-corrected chi connectivity index (χ4v) is 4.29. The van der Waals surface area contributed by atoms with Crippen LogP contribution in [0.3, 0.4) is 0 Å². The number of hydrogen-bond donors (Lipinski definition) is 0. The van der Waals surface area contributed by atoms with Crippen LogP contribution in [0.15, 0.2) is 29.3 Å². The molecule has 0 spiro atoms. The van der Waals surface area contributed by atoms with Crippen molar-refractivity contribution >= 4 is 28.6 Å². The lowest BCUT2D eigenvalue weighted by atomic mass is 9.98. The van der Waals surface area contributed by atoms with E-state index in [-0.39, 0.29) is 29.5 Å². The monoisotopic (exact) mass is 371 g/mol. The summed E-state index contributed by atoms with van der Waals surface area (Å²) in [6, 6.07) is 5.87. The molecule has 0 radical (unpaired) electrons. The molecular weight excluding hydrogens is 353 g/mol. The maximum atomic E-state index is 13.1. The predicted molar refractivity (Wildman–Crippen MR) is 98.8 cm³/mol. The molecule has 0 saturated carbocycles. The summed E-state index contributed by atoms with van der Waals surface area (Å²) in [6.07, 6.45) is 2.46. The lowest BCUT2D eigenvalue weighted by molar-refractivity contribution is 0.0966. The Morgan fingerprint density at radius 2 is 1.88 bits per heavy atom. The van der Waals surface area contributed by atoms with Crippen molar-refractivity contribution < 1.29 is 14.0 Å². The molecule has 2 aromatic rings. The van der Waals surface area contributed by atoms with Gasteiger partial charge in [-0.05, 0) is 50.2 Å². The second-order valence-electron chi connectivity index (χ2n) is 6.51. The molecule has 0 amide bonds. The van der Waals surface area contributed by atoms with Gasteiger partial charge in [0.2, 0.25) is 5.78 Å². The molecule has 1 fully saturated rings. The number of fused-ring (bicyclic) bond motifs is 1. The van der Waals surface area contributed by atoms with Gasteiger partial charge < -0.3 is 4.90 Å². The van der Waals surface area contributed by atoms with Crippen molar-refractivity contribution in [3.63, 3.8) is 0 Å². The minimum atomic E-state index is -0.338. The van der Waals surface area contributed by atoms with Gasteiger partial charge in [-0.2, -0.15) is 0 Å². The van der Waals surface area contributed by atoms with Crippen LogP contribution in [0, 0.1) is 5.82 Å². The normalized spacial score (nSPS) is 19.3. The predicted octanol–water partition coefficient (Wildman–Crippen LogP) is 3.26. The summed E-state index contributed by atoms with van der Waals surface area (Å²) in [5.74, 6) is -0.717. The van der Waals surface area contributed by atoms with Gasteiger partial charge in [-0.1, -0.05) is 0 Å². The zero-order valence-electron chi connectivity index (χ0n) is 14.2. The van der Waals surface area contributed by atoms with E-state index in [1.807, 2.05) is 0 Å². The van der Waals surface area contributed by atoms with Gasteiger partial charge in [0.25, 0.3) is 0 Å². The number of carbonyl (C=O) groups excluding carboxylic acids is 2. The Morgan fingerprint density at radius 3 is 2.62 bits per heavy atom. The number of aliphatic imine (C=N–C) groups is 1. The maximum Gasteiger partial charge on any atom is 0.227 e. The molecule has 4 rings (SSSR count). The Labute approximate surface area is 154 Å². The molecule has 134 valence electrons. The smallest absolute Gasteiger partial charge is 0.227 e. The van der Waals surface area contributed by atoms with E-state index in [2.05, 4.69) is 14.9 Å². The van der Waals surface area contributed by atoms with Crippen LogP contribution in [-0.4, -0.2) is 53.3 Å². The number of carbonyl (C=O) groups is 2. The molecule has 0 atom stereocenters. The maximum absolute atomic E-state index is 13.1. The van der Waals surface area contributed by atoms with Crippen molar-refractivity contribution in [2.45, 2.75) is 19.3 Å². The SMILES string of the molecule is O=C1C(=NCCN2CCCC2)CC(=O)c2sc(-c3ccc(F)cc3)nc21. The number of thiazole rings is 1. The lowest BCUT2D eigenvalue weighted by Crippen LogP contribution is -2.28. The van der Waals surface area contributed by atoms with Gasteiger partial charge in [0.15, 0.2) is 5.78 Å². The van der Waals surface area contributed by atoms with E-state index in [1.54, 1.807) is 12.1 Å². The van der Waals surface area contributed by atoms with Crippen LogP contribution in [-0.2, 0) is 0 Å². The van der Waals surface area contributed by atoms with E-state index in [0.717, 1.165) is 19.6 Å². The molecule has 5 nitrogen and oxygen atoms in total. The lowest BCUT2D eigenvalue weighted by Gasteiger charge is -2.14. The van der Waals surface area contributed by atoms with Crippen LogP contribution in [0.1, 0.15) is 39.4 Å². The van der Waals surface area contributed by atoms with Crippen LogP contribution in [0.2, 0.25) is 0 Å². The summed E-state index contributed by atoms with van der Waals surface area (Å²) in [7, 11) is 0.